The van der Waals surface area contributed by atoms with Gasteiger partial charge < -0.3 is 15.9 Å². The lowest BCUT2D eigenvalue weighted by Gasteiger charge is -2.11. The Bertz CT molecular complexity index is 175. The van der Waals surface area contributed by atoms with E-state index < -0.39 is 5.66 Å². The second-order valence-corrected chi connectivity index (χ2v) is 2.12. The van der Waals surface area contributed by atoms with Crippen molar-refractivity contribution in [3.05, 3.63) is 18.4 Å². The molecular formula is C5H9N3O. The lowest BCUT2D eigenvalue weighted by atomic mass is 10.2. The van der Waals surface area contributed by atoms with E-state index in [0.29, 0.717) is 5.89 Å². The lowest BCUT2D eigenvalue weighted by Crippen LogP contribution is -2.42. The molecule has 4 heteroatoms. The predicted molar refractivity (Wildman–Crippen MR) is 32.2 cm³/mol. The number of nitrogens with zero attached hydrogens (tertiary/aromatic N) is 1. The molecule has 0 atom stereocenters. The first kappa shape index (κ1) is 6.25. The Kier molecular flexibility index (Phi) is 1.27. The zero-order chi connectivity index (χ0) is 6.91. The average molecular weight is 127 g/mol. The molecule has 0 aliphatic heterocycles. The maximum Gasteiger partial charge on any atom is 0.228 e. The topological polar surface area (TPSA) is 78.1 Å². The van der Waals surface area contributed by atoms with Crippen LogP contribution in [0.2, 0.25) is 0 Å². The normalized spacial score (nSPS) is 11.9. The second-order valence-electron chi connectivity index (χ2n) is 2.12. The fourth-order valence-electron chi connectivity index (χ4n) is 0.489. The van der Waals surface area contributed by atoms with Crippen molar-refractivity contribution in [2.75, 3.05) is 0 Å². The molecule has 0 radical (unpaired) electrons. The molecule has 0 aliphatic carbocycles. The van der Waals surface area contributed by atoms with Gasteiger partial charge in [0.25, 0.3) is 0 Å². The zero-order valence-corrected chi connectivity index (χ0v) is 5.16. The van der Waals surface area contributed by atoms with E-state index in [4.69, 9.17) is 15.9 Å². The van der Waals surface area contributed by atoms with E-state index in [1.165, 1.54) is 12.5 Å². The summed E-state index contributed by atoms with van der Waals surface area (Å²) in [5.41, 5.74) is 9.89. The van der Waals surface area contributed by atoms with Crippen LogP contribution in [0.1, 0.15) is 12.8 Å². The monoisotopic (exact) mass is 127 g/mol. The standard InChI is InChI=1S/C5H9N3O/c1-5(6,7)4-8-2-3-9-4/h2-3H,6-7H2,1H3. The van der Waals surface area contributed by atoms with Crippen LogP contribution >= 0.6 is 0 Å². The van der Waals surface area contributed by atoms with Crippen molar-refractivity contribution in [1.29, 1.82) is 0 Å². The first-order valence-corrected chi connectivity index (χ1v) is 2.58. The molecule has 4 N–H and O–H groups in total. The minimum Gasteiger partial charge on any atom is -0.446 e. The summed E-state index contributed by atoms with van der Waals surface area (Å²) in [5, 5.41) is 0. The fourth-order valence-corrected chi connectivity index (χ4v) is 0.489. The van der Waals surface area contributed by atoms with Crippen molar-refractivity contribution in [3.63, 3.8) is 0 Å². The summed E-state index contributed by atoms with van der Waals surface area (Å²) >= 11 is 0. The molecule has 0 unspecified atom stereocenters. The van der Waals surface area contributed by atoms with Gasteiger partial charge in [-0.3, -0.25) is 0 Å². The highest BCUT2D eigenvalue weighted by molar-refractivity contribution is 4.93. The molecule has 0 fully saturated rings. The van der Waals surface area contributed by atoms with Crippen molar-refractivity contribution in [2.24, 2.45) is 11.5 Å². The van der Waals surface area contributed by atoms with Gasteiger partial charge in [0.15, 0.2) is 0 Å². The molecule has 0 aliphatic rings. The number of oxazole rings is 1. The summed E-state index contributed by atoms with van der Waals surface area (Å²) in [6, 6.07) is 0. The maximum absolute atomic E-state index is 5.42. The quantitative estimate of drug-likeness (QED) is 0.510. The average Bonchev–Trinajstić information content (AvgIpc) is 2.08. The summed E-state index contributed by atoms with van der Waals surface area (Å²) in [4.78, 5) is 3.77. The molecular weight excluding hydrogens is 118 g/mol. The molecule has 4 nitrogen and oxygen atoms in total. The highest BCUT2D eigenvalue weighted by Gasteiger charge is 2.18. The Morgan fingerprint density at radius 1 is 1.67 bits per heavy atom. The van der Waals surface area contributed by atoms with Gasteiger partial charge in [-0.25, -0.2) is 4.98 Å². The van der Waals surface area contributed by atoms with Crippen LogP contribution in [0.25, 0.3) is 0 Å². The number of aromatic nitrogens is 1. The Hall–Kier alpha value is -0.870. The van der Waals surface area contributed by atoms with Gasteiger partial charge in [-0.15, -0.1) is 0 Å². The third-order valence-electron chi connectivity index (χ3n) is 0.893. The summed E-state index contributed by atoms with van der Waals surface area (Å²) < 4.78 is 4.84. The van der Waals surface area contributed by atoms with Crippen molar-refractivity contribution >= 4 is 0 Å². The largest absolute Gasteiger partial charge is 0.446 e. The summed E-state index contributed by atoms with van der Waals surface area (Å²) in [6.45, 7) is 1.62. The third-order valence-corrected chi connectivity index (χ3v) is 0.893. The molecule has 1 rings (SSSR count). The van der Waals surface area contributed by atoms with Gasteiger partial charge in [0, 0.05) is 0 Å². The van der Waals surface area contributed by atoms with Gasteiger partial charge in [-0.1, -0.05) is 0 Å². The van der Waals surface area contributed by atoms with Crippen molar-refractivity contribution in [2.45, 2.75) is 12.6 Å². The molecule has 1 aromatic heterocycles. The van der Waals surface area contributed by atoms with E-state index in [9.17, 15) is 0 Å². The van der Waals surface area contributed by atoms with Gasteiger partial charge in [-0.05, 0) is 6.92 Å². The molecule has 0 aromatic carbocycles. The van der Waals surface area contributed by atoms with Gasteiger partial charge in [-0.2, -0.15) is 0 Å². The van der Waals surface area contributed by atoms with Crippen LogP contribution in [-0.4, -0.2) is 4.98 Å². The summed E-state index contributed by atoms with van der Waals surface area (Å²) in [6.07, 6.45) is 2.95. The van der Waals surface area contributed by atoms with Crippen LogP contribution in [-0.2, 0) is 5.66 Å². The minimum absolute atomic E-state index is 0.350. The number of hydrogen-bond acceptors (Lipinski definition) is 4. The van der Waals surface area contributed by atoms with E-state index in [1.807, 2.05) is 0 Å². The van der Waals surface area contributed by atoms with Crippen LogP contribution in [0.4, 0.5) is 0 Å². The van der Waals surface area contributed by atoms with E-state index in [0.717, 1.165) is 0 Å². The Labute approximate surface area is 52.9 Å². The van der Waals surface area contributed by atoms with E-state index in [1.54, 1.807) is 6.92 Å². The number of rotatable bonds is 1. The Morgan fingerprint density at radius 2 is 2.33 bits per heavy atom. The zero-order valence-electron chi connectivity index (χ0n) is 5.16. The van der Waals surface area contributed by atoms with Gasteiger partial charge in [0.05, 0.1) is 6.20 Å². The SMILES string of the molecule is CC(N)(N)c1ncco1. The third kappa shape index (κ3) is 1.28. The maximum atomic E-state index is 5.42. The number of nitrogens with two attached hydrogens (primary N) is 2. The second kappa shape index (κ2) is 1.82. The van der Waals surface area contributed by atoms with Gasteiger partial charge in [0.1, 0.15) is 11.9 Å². The van der Waals surface area contributed by atoms with Crippen LogP contribution in [0.3, 0.4) is 0 Å². The molecule has 50 valence electrons. The predicted octanol–water partition coefficient (Wildman–Crippen LogP) is -0.235. The molecule has 0 bridgehead atoms. The molecule has 0 amide bonds. The fraction of sp³-hybridized carbons (Fsp3) is 0.400. The van der Waals surface area contributed by atoms with E-state index >= 15 is 0 Å². The lowest BCUT2D eigenvalue weighted by molar-refractivity contribution is 0.363. The first-order chi connectivity index (χ1) is 4.11. The highest BCUT2D eigenvalue weighted by atomic mass is 16.3. The van der Waals surface area contributed by atoms with Crippen molar-refractivity contribution in [1.82, 2.24) is 4.98 Å². The Balaban J connectivity index is 2.90. The molecule has 0 spiro atoms. The van der Waals surface area contributed by atoms with Crippen LogP contribution in [0.5, 0.6) is 0 Å². The molecule has 0 saturated carbocycles. The molecule has 1 heterocycles. The minimum atomic E-state index is -0.955. The first-order valence-electron chi connectivity index (χ1n) is 2.58. The molecule has 1 aromatic rings. The van der Waals surface area contributed by atoms with Crippen molar-refractivity contribution in [3.8, 4) is 0 Å². The summed E-state index contributed by atoms with van der Waals surface area (Å²) in [5.74, 6) is 0.350. The molecule has 0 saturated heterocycles. The van der Waals surface area contributed by atoms with Gasteiger partial charge >= 0.3 is 0 Å². The smallest absolute Gasteiger partial charge is 0.228 e. The van der Waals surface area contributed by atoms with Crippen LogP contribution < -0.4 is 11.5 Å². The van der Waals surface area contributed by atoms with E-state index in [-0.39, 0.29) is 0 Å². The van der Waals surface area contributed by atoms with Crippen LogP contribution in [0.15, 0.2) is 16.9 Å². The van der Waals surface area contributed by atoms with Crippen molar-refractivity contribution < 1.29 is 4.42 Å². The van der Waals surface area contributed by atoms with E-state index in [2.05, 4.69) is 4.98 Å². The number of hydrogen-bond donors (Lipinski definition) is 2. The highest BCUT2D eigenvalue weighted by Crippen LogP contribution is 2.06. The summed E-state index contributed by atoms with van der Waals surface area (Å²) in [7, 11) is 0. The Morgan fingerprint density at radius 3 is 2.56 bits per heavy atom. The molecule has 9 heavy (non-hydrogen) atoms. The van der Waals surface area contributed by atoms with Crippen LogP contribution in [0, 0.1) is 0 Å². The van der Waals surface area contributed by atoms with Gasteiger partial charge in [0.2, 0.25) is 5.89 Å².